The summed E-state index contributed by atoms with van der Waals surface area (Å²) in [5.41, 5.74) is 7.73. The maximum absolute atomic E-state index is 4.53. The first-order valence-corrected chi connectivity index (χ1v) is 7.50. The lowest BCUT2D eigenvalue weighted by molar-refractivity contribution is 0.549. The van der Waals surface area contributed by atoms with Crippen molar-refractivity contribution in [1.29, 1.82) is 0 Å². The molecular formula is C18H19N3. The molecular weight excluding hydrogens is 258 g/mol. The number of H-pyrrole nitrogens is 1. The van der Waals surface area contributed by atoms with Gasteiger partial charge in [0.25, 0.3) is 0 Å². The molecule has 4 rings (SSSR count). The zero-order valence-electron chi connectivity index (χ0n) is 12.4. The Morgan fingerprint density at radius 2 is 2.10 bits per heavy atom. The Bertz CT molecular complexity index is 802. The van der Waals surface area contributed by atoms with Crippen molar-refractivity contribution >= 4 is 10.9 Å². The number of pyridine rings is 1. The summed E-state index contributed by atoms with van der Waals surface area (Å²) in [4.78, 5) is 8.19. The minimum atomic E-state index is 0.169. The second-order valence-electron chi connectivity index (χ2n) is 5.91. The van der Waals surface area contributed by atoms with E-state index in [0.29, 0.717) is 0 Å². The number of aromatic nitrogens is 2. The van der Waals surface area contributed by atoms with Crippen LogP contribution in [0.3, 0.4) is 0 Å². The predicted octanol–water partition coefficient (Wildman–Crippen LogP) is 3.41. The van der Waals surface area contributed by atoms with E-state index in [1.165, 1.54) is 33.3 Å². The van der Waals surface area contributed by atoms with Crippen molar-refractivity contribution in [3.05, 3.63) is 64.6 Å². The van der Waals surface area contributed by atoms with Crippen molar-refractivity contribution < 1.29 is 0 Å². The Balaban J connectivity index is 1.95. The summed E-state index contributed by atoms with van der Waals surface area (Å²) >= 11 is 0. The Hall–Kier alpha value is -2.13. The summed E-state index contributed by atoms with van der Waals surface area (Å²) in [5.74, 6) is 0. The van der Waals surface area contributed by atoms with E-state index in [4.69, 9.17) is 0 Å². The molecule has 2 aromatic heterocycles. The predicted molar refractivity (Wildman–Crippen MR) is 85.6 cm³/mol. The van der Waals surface area contributed by atoms with Crippen LogP contribution in [0.5, 0.6) is 0 Å². The van der Waals surface area contributed by atoms with Crippen molar-refractivity contribution in [2.45, 2.75) is 26.3 Å². The van der Waals surface area contributed by atoms with Crippen LogP contribution < -0.4 is 5.32 Å². The van der Waals surface area contributed by atoms with E-state index in [1.807, 2.05) is 12.3 Å². The number of fused-ring (bicyclic) bond motifs is 3. The number of nitrogens with zero attached hydrogens (tertiary/aromatic N) is 1. The largest absolute Gasteiger partial charge is 0.356 e. The molecule has 0 spiro atoms. The molecule has 2 N–H and O–H groups in total. The number of aromatic amines is 1. The number of hydrogen-bond acceptors (Lipinski definition) is 2. The summed E-state index contributed by atoms with van der Waals surface area (Å²) in [6, 6.07) is 10.8. The number of rotatable bonds is 1. The Morgan fingerprint density at radius 3 is 2.90 bits per heavy atom. The molecule has 1 aromatic carbocycles. The monoisotopic (exact) mass is 277 g/mol. The van der Waals surface area contributed by atoms with E-state index in [9.17, 15) is 0 Å². The van der Waals surface area contributed by atoms with Crippen LogP contribution in [0.4, 0.5) is 0 Å². The average Bonchev–Trinajstić information content (AvgIpc) is 2.87. The minimum Gasteiger partial charge on any atom is -0.356 e. The van der Waals surface area contributed by atoms with Gasteiger partial charge in [0.1, 0.15) is 0 Å². The summed E-state index contributed by atoms with van der Waals surface area (Å²) < 4.78 is 0. The molecule has 106 valence electrons. The van der Waals surface area contributed by atoms with E-state index in [2.05, 4.69) is 53.4 Å². The van der Waals surface area contributed by atoms with Gasteiger partial charge in [-0.1, -0.05) is 17.7 Å². The maximum Gasteiger partial charge on any atom is 0.0906 e. The maximum atomic E-state index is 4.53. The summed E-state index contributed by atoms with van der Waals surface area (Å²) in [6.45, 7) is 5.35. The molecule has 3 nitrogen and oxygen atoms in total. The van der Waals surface area contributed by atoms with Crippen LogP contribution >= 0.6 is 0 Å². The molecule has 0 saturated carbocycles. The first-order chi connectivity index (χ1) is 10.2. The number of hydrogen-bond donors (Lipinski definition) is 2. The molecule has 0 bridgehead atoms. The molecule has 3 heteroatoms. The fourth-order valence-corrected chi connectivity index (χ4v) is 3.49. The van der Waals surface area contributed by atoms with Gasteiger partial charge >= 0.3 is 0 Å². The van der Waals surface area contributed by atoms with Crippen molar-refractivity contribution in [1.82, 2.24) is 15.3 Å². The third-order valence-corrected chi connectivity index (χ3v) is 4.39. The number of nitrogens with one attached hydrogen (secondary N) is 2. The second-order valence-corrected chi connectivity index (χ2v) is 5.91. The van der Waals surface area contributed by atoms with E-state index < -0.39 is 0 Å². The molecule has 1 aliphatic rings. The van der Waals surface area contributed by atoms with Crippen LogP contribution in [0.2, 0.25) is 0 Å². The first kappa shape index (κ1) is 12.6. The van der Waals surface area contributed by atoms with Gasteiger partial charge in [-0.05, 0) is 49.6 Å². The standard InChI is InChI=1S/C18H19N3/c1-11-9-12(2)16-14(10-11)13-6-8-20-18(17(13)21-16)15-5-3-4-7-19-15/h3-5,7,9-10,18,20-21H,6,8H2,1-2H3. The smallest absolute Gasteiger partial charge is 0.0906 e. The quantitative estimate of drug-likeness (QED) is 0.715. The highest BCUT2D eigenvalue weighted by Crippen LogP contribution is 2.34. The van der Waals surface area contributed by atoms with Crippen LogP contribution in [0, 0.1) is 13.8 Å². The highest BCUT2D eigenvalue weighted by molar-refractivity contribution is 5.88. The fraction of sp³-hybridized carbons (Fsp3) is 0.278. The van der Waals surface area contributed by atoms with Gasteiger partial charge in [0.2, 0.25) is 0 Å². The van der Waals surface area contributed by atoms with Crippen LogP contribution in [0.15, 0.2) is 36.5 Å². The van der Waals surface area contributed by atoms with Gasteiger partial charge in [-0.3, -0.25) is 4.98 Å². The van der Waals surface area contributed by atoms with Crippen LogP contribution in [0.25, 0.3) is 10.9 Å². The van der Waals surface area contributed by atoms with Gasteiger partial charge in [0.15, 0.2) is 0 Å². The van der Waals surface area contributed by atoms with Crippen LogP contribution in [-0.2, 0) is 6.42 Å². The average molecular weight is 277 g/mol. The van der Waals surface area contributed by atoms with E-state index in [0.717, 1.165) is 18.7 Å². The van der Waals surface area contributed by atoms with Crippen molar-refractivity contribution in [3.8, 4) is 0 Å². The van der Waals surface area contributed by atoms with Crippen molar-refractivity contribution in [2.75, 3.05) is 6.54 Å². The third kappa shape index (κ3) is 1.96. The lowest BCUT2D eigenvalue weighted by Crippen LogP contribution is -2.30. The molecule has 1 atom stereocenters. The molecule has 0 saturated heterocycles. The SMILES string of the molecule is Cc1cc(C)c2[nH]c3c(c2c1)CCNC3c1ccccn1. The van der Waals surface area contributed by atoms with E-state index >= 15 is 0 Å². The highest BCUT2D eigenvalue weighted by Gasteiger charge is 2.26. The molecule has 0 fully saturated rings. The normalized spacial score (nSPS) is 17.9. The molecule has 21 heavy (non-hydrogen) atoms. The van der Waals surface area contributed by atoms with Gasteiger partial charge < -0.3 is 10.3 Å². The molecule has 1 unspecified atom stereocenters. The molecule has 0 radical (unpaired) electrons. The summed E-state index contributed by atoms with van der Waals surface area (Å²) in [5, 5.41) is 4.97. The van der Waals surface area contributed by atoms with E-state index in [1.54, 1.807) is 0 Å². The number of benzene rings is 1. The van der Waals surface area contributed by atoms with E-state index in [-0.39, 0.29) is 6.04 Å². The Morgan fingerprint density at radius 1 is 1.19 bits per heavy atom. The lowest BCUT2D eigenvalue weighted by Gasteiger charge is -2.23. The van der Waals surface area contributed by atoms with Gasteiger partial charge in [-0.25, -0.2) is 0 Å². The Labute approximate surface area is 124 Å². The molecule has 0 amide bonds. The van der Waals surface area contributed by atoms with Gasteiger partial charge in [-0.15, -0.1) is 0 Å². The lowest BCUT2D eigenvalue weighted by atomic mass is 9.96. The molecule has 1 aliphatic heterocycles. The van der Waals surface area contributed by atoms with Crippen molar-refractivity contribution in [2.24, 2.45) is 0 Å². The molecule has 3 aromatic rings. The second kappa shape index (κ2) is 4.71. The summed E-state index contributed by atoms with van der Waals surface area (Å²) in [7, 11) is 0. The Kier molecular flexibility index (Phi) is 2.82. The van der Waals surface area contributed by atoms with Gasteiger partial charge in [0.05, 0.1) is 11.7 Å². The fourth-order valence-electron chi connectivity index (χ4n) is 3.49. The number of aryl methyl sites for hydroxylation is 2. The van der Waals surface area contributed by atoms with Crippen LogP contribution in [-0.4, -0.2) is 16.5 Å². The van der Waals surface area contributed by atoms with Gasteiger partial charge in [0, 0.05) is 29.3 Å². The zero-order chi connectivity index (χ0) is 14.4. The highest BCUT2D eigenvalue weighted by atomic mass is 15.0. The van der Waals surface area contributed by atoms with Crippen molar-refractivity contribution in [3.63, 3.8) is 0 Å². The minimum absolute atomic E-state index is 0.169. The van der Waals surface area contributed by atoms with Crippen LogP contribution in [0.1, 0.15) is 34.1 Å². The zero-order valence-corrected chi connectivity index (χ0v) is 12.4. The molecule has 0 aliphatic carbocycles. The third-order valence-electron chi connectivity index (χ3n) is 4.39. The van der Waals surface area contributed by atoms with Gasteiger partial charge in [-0.2, -0.15) is 0 Å². The first-order valence-electron chi connectivity index (χ1n) is 7.50. The topological polar surface area (TPSA) is 40.7 Å². The molecule has 3 heterocycles. The summed E-state index contributed by atoms with van der Waals surface area (Å²) in [6.07, 6.45) is 2.94.